The summed E-state index contributed by atoms with van der Waals surface area (Å²) < 4.78 is 9.94. The molecule has 310 valence electrons. The van der Waals surface area contributed by atoms with Crippen LogP contribution in [0.25, 0.3) is 27.7 Å². The second-order valence-electron chi connectivity index (χ2n) is 16.3. The highest BCUT2D eigenvalue weighted by atomic mass is 16.5. The van der Waals surface area contributed by atoms with E-state index in [1.807, 2.05) is 61.8 Å². The number of piperidine rings is 2. The van der Waals surface area contributed by atoms with Crippen LogP contribution in [0.1, 0.15) is 58.0 Å². The van der Waals surface area contributed by atoms with Gasteiger partial charge in [-0.2, -0.15) is 10.2 Å². The molecule has 0 bridgehead atoms. The van der Waals surface area contributed by atoms with E-state index in [4.69, 9.17) is 9.84 Å². The quantitative estimate of drug-likeness (QED) is 0.179. The van der Waals surface area contributed by atoms with E-state index < -0.39 is 29.7 Å². The number of rotatable bonds is 9. The van der Waals surface area contributed by atoms with E-state index in [9.17, 15) is 19.2 Å². The van der Waals surface area contributed by atoms with Gasteiger partial charge in [-0.1, -0.05) is 6.07 Å². The topological polar surface area (TPSA) is 185 Å². The number of pyridine rings is 1. The third kappa shape index (κ3) is 6.66. The van der Waals surface area contributed by atoms with Crippen LogP contribution in [0.3, 0.4) is 0 Å². The Labute approximate surface area is 354 Å². The number of aryl methyl sites for hydroxylation is 1. The lowest BCUT2D eigenvalue weighted by Crippen LogP contribution is -2.61. The van der Waals surface area contributed by atoms with E-state index >= 15 is 0 Å². The molecule has 0 radical (unpaired) electrons. The fourth-order valence-corrected chi connectivity index (χ4v) is 9.06. The summed E-state index contributed by atoms with van der Waals surface area (Å²) in [7, 11) is 0. The van der Waals surface area contributed by atoms with Crippen molar-refractivity contribution in [3.8, 4) is 22.6 Å². The van der Waals surface area contributed by atoms with Crippen LogP contribution in [0.15, 0.2) is 98.0 Å². The molecule has 11 rings (SSSR count). The van der Waals surface area contributed by atoms with Crippen LogP contribution >= 0.6 is 0 Å². The fraction of sp³-hybridized carbons (Fsp3) is 0.267. The Balaban J connectivity index is 0.695. The lowest BCUT2D eigenvalue weighted by Gasteiger charge is -2.48. The molecule has 4 aromatic heterocycles. The van der Waals surface area contributed by atoms with Gasteiger partial charge >= 0.3 is 0 Å². The van der Waals surface area contributed by atoms with Crippen molar-refractivity contribution in [3.63, 3.8) is 0 Å². The van der Waals surface area contributed by atoms with E-state index in [0.717, 1.165) is 88.6 Å². The van der Waals surface area contributed by atoms with Gasteiger partial charge in [0.15, 0.2) is 5.65 Å². The summed E-state index contributed by atoms with van der Waals surface area (Å²) >= 11 is 0. The van der Waals surface area contributed by atoms with Crippen molar-refractivity contribution in [2.45, 2.75) is 50.7 Å². The molecule has 7 aromatic rings. The second kappa shape index (κ2) is 14.9. The molecule has 4 aliphatic heterocycles. The Hall–Kier alpha value is -7.53. The molecule has 62 heavy (non-hydrogen) atoms. The molecule has 0 aliphatic carbocycles. The number of aromatic nitrogens is 7. The minimum atomic E-state index is -0.975. The maximum Gasteiger partial charge on any atom is 0.262 e. The highest BCUT2D eigenvalue weighted by Crippen LogP contribution is 2.36. The van der Waals surface area contributed by atoms with E-state index in [1.54, 1.807) is 23.0 Å². The van der Waals surface area contributed by atoms with Gasteiger partial charge in [0.05, 0.1) is 28.9 Å². The maximum absolute atomic E-state index is 13.3. The van der Waals surface area contributed by atoms with Crippen LogP contribution in [0.2, 0.25) is 0 Å². The second-order valence-corrected chi connectivity index (χ2v) is 16.3. The average molecular weight is 829 g/mol. The number of likely N-dealkylation sites (tertiary alicyclic amines) is 1. The van der Waals surface area contributed by atoms with E-state index in [1.165, 1.54) is 6.33 Å². The van der Waals surface area contributed by atoms with Crippen LogP contribution in [-0.4, -0.2) is 106 Å². The summed E-state index contributed by atoms with van der Waals surface area (Å²) in [5.74, 6) is 0.154. The highest BCUT2D eigenvalue weighted by molar-refractivity contribution is 6.23. The number of nitrogens with one attached hydrogen (secondary N) is 2. The molecule has 4 aliphatic rings. The number of carbonyl (C=O) groups is 4. The normalized spacial score (nSPS) is 18.7. The molecule has 3 saturated heterocycles. The molecule has 1 atom stereocenters. The molecule has 1 unspecified atom stereocenters. The zero-order valence-corrected chi connectivity index (χ0v) is 33.6. The van der Waals surface area contributed by atoms with Gasteiger partial charge in [0.1, 0.15) is 36.0 Å². The summed E-state index contributed by atoms with van der Waals surface area (Å²) in [5, 5.41) is 15.6. The average Bonchev–Trinajstić information content (AvgIpc) is 4.00. The molecule has 4 amide bonds. The summed E-state index contributed by atoms with van der Waals surface area (Å²) in [4.78, 5) is 69.7. The summed E-state index contributed by atoms with van der Waals surface area (Å²) in [5.41, 5.74) is 6.91. The van der Waals surface area contributed by atoms with E-state index in [2.05, 4.69) is 63.5 Å². The van der Waals surface area contributed by atoms with Gasteiger partial charge in [-0.3, -0.25) is 39.0 Å². The molecule has 0 spiro atoms. The molecular formula is C45H40N12O5. The molecule has 3 aromatic carbocycles. The van der Waals surface area contributed by atoms with E-state index in [0.29, 0.717) is 40.4 Å². The summed E-state index contributed by atoms with van der Waals surface area (Å²) in [6.45, 7) is 5.55. The van der Waals surface area contributed by atoms with Crippen molar-refractivity contribution in [1.82, 2.24) is 49.5 Å². The highest BCUT2D eigenvalue weighted by Gasteiger charge is 2.45. The molecule has 2 N–H and O–H groups in total. The van der Waals surface area contributed by atoms with Crippen molar-refractivity contribution in [3.05, 3.63) is 115 Å². The Morgan fingerprint density at radius 3 is 2.48 bits per heavy atom. The molecule has 0 saturated carbocycles. The Kier molecular flexibility index (Phi) is 8.99. The molecule has 17 nitrogen and oxygen atoms in total. The van der Waals surface area contributed by atoms with Crippen LogP contribution in [0.4, 0.5) is 17.2 Å². The number of anilines is 3. The number of hydrogen-bond acceptors (Lipinski definition) is 13. The fourth-order valence-electron chi connectivity index (χ4n) is 9.06. The number of imide groups is 2. The Bertz CT molecular complexity index is 2970. The van der Waals surface area contributed by atoms with Gasteiger partial charge in [-0.15, -0.1) is 0 Å². The van der Waals surface area contributed by atoms with E-state index in [-0.39, 0.29) is 12.8 Å². The first kappa shape index (κ1) is 37.5. The first-order valence-corrected chi connectivity index (χ1v) is 20.7. The van der Waals surface area contributed by atoms with Gasteiger partial charge in [0.2, 0.25) is 11.8 Å². The van der Waals surface area contributed by atoms with Crippen molar-refractivity contribution in [2.75, 3.05) is 36.4 Å². The van der Waals surface area contributed by atoms with Crippen molar-refractivity contribution in [2.24, 2.45) is 0 Å². The monoisotopic (exact) mass is 828 g/mol. The van der Waals surface area contributed by atoms with Crippen molar-refractivity contribution < 1.29 is 23.9 Å². The lowest BCUT2D eigenvalue weighted by molar-refractivity contribution is -0.136. The number of hydrogen-bond donors (Lipinski definition) is 2. The van der Waals surface area contributed by atoms with Gasteiger partial charge in [0, 0.05) is 79.4 Å². The number of nitrogens with zero attached hydrogens (tertiary/aromatic N) is 10. The standard InChI is InChI=1S/C45H40N12O5/c1-26-16-29(3-8-39(26)62-33-12-15-55-40(19-33)47-25-50-55)51-42-35-5-2-27(17-37(35)46-24-48-42)28-20-49-56(21-28)30-10-13-53(14-11-30)32-22-54(23-32)31-4-6-34-36(18-31)45(61)57(44(34)60)38-7-9-41(58)52-43(38)59/h2-6,8,12,15-21,24-25,30,32,38H,7,9-11,13-14,22-23H2,1H3,(H,46,48,51)(H,52,58,59). The molecule has 3 fully saturated rings. The van der Waals surface area contributed by atoms with Crippen molar-refractivity contribution in [1.29, 1.82) is 0 Å². The van der Waals surface area contributed by atoms with Crippen LogP contribution in [0.5, 0.6) is 11.5 Å². The van der Waals surface area contributed by atoms with Crippen LogP contribution in [0, 0.1) is 6.92 Å². The first-order valence-electron chi connectivity index (χ1n) is 20.7. The summed E-state index contributed by atoms with van der Waals surface area (Å²) in [6, 6.07) is 20.9. The van der Waals surface area contributed by atoms with Crippen LogP contribution in [-0.2, 0) is 9.59 Å². The molecule has 17 heteroatoms. The number of amides is 4. The van der Waals surface area contributed by atoms with Gasteiger partial charge in [-0.05, 0) is 91.9 Å². The van der Waals surface area contributed by atoms with Crippen LogP contribution < -0.4 is 20.3 Å². The predicted molar refractivity (Wildman–Crippen MR) is 227 cm³/mol. The number of carbonyl (C=O) groups excluding carboxylic acids is 4. The zero-order chi connectivity index (χ0) is 42.1. The number of fused-ring (bicyclic) bond motifs is 3. The smallest absolute Gasteiger partial charge is 0.262 e. The van der Waals surface area contributed by atoms with Gasteiger partial charge < -0.3 is 15.0 Å². The predicted octanol–water partition coefficient (Wildman–Crippen LogP) is 5.31. The Morgan fingerprint density at radius 1 is 0.790 bits per heavy atom. The number of benzene rings is 3. The summed E-state index contributed by atoms with van der Waals surface area (Å²) in [6.07, 6.45) is 11.1. The van der Waals surface area contributed by atoms with Gasteiger partial charge in [0.25, 0.3) is 11.8 Å². The minimum absolute atomic E-state index is 0.0907. The third-order valence-electron chi connectivity index (χ3n) is 12.5. The SMILES string of the molecule is Cc1cc(Nc2ncnc3cc(-c4cnn(C5CCN(C6CN(c7ccc8c(c7)C(=O)N(C7CCC(=O)NC7=O)C8=O)C6)CC5)c4)ccc23)ccc1Oc1ccn2ncnc2c1. The largest absolute Gasteiger partial charge is 0.457 e. The number of ether oxygens (including phenoxy) is 1. The third-order valence-corrected chi connectivity index (χ3v) is 12.5. The van der Waals surface area contributed by atoms with Crippen molar-refractivity contribution >= 4 is 57.4 Å². The molecular weight excluding hydrogens is 789 g/mol. The molecule has 8 heterocycles. The Morgan fingerprint density at radius 2 is 1.65 bits per heavy atom. The first-order chi connectivity index (χ1) is 30.2. The zero-order valence-electron chi connectivity index (χ0n) is 33.6. The lowest BCUT2D eigenvalue weighted by atomic mass is 9.98. The maximum atomic E-state index is 13.3. The van der Waals surface area contributed by atoms with Gasteiger partial charge in [-0.25, -0.2) is 19.5 Å². The minimum Gasteiger partial charge on any atom is -0.457 e.